The van der Waals surface area contributed by atoms with Crippen molar-refractivity contribution in [3.8, 4) is 0 Å². The highest BCUT2D eigenvalue weighted by molar-refractivity contribution is 5.85. The molecule has 2 rings (SSSR count). The van der Waals surface area contributed by atoms with Crippen molar-refractivity contribution in [3.63, 3.8) is 0 Å². The largest absolute Gasteiger partial charge is 0.460 e. The van der Waals surface area contributed by atoms with Crippen molar-refractivity contribution < 1.29 is 19.1 Å². The Morgan fingerprint density at radius 2 is 2.15 bits per heavy atom. The van der Waals surface area contributed by atoms with Crippen LogP contribution in [0.5, 0.6) is 0 Å². The van der Waals surface area contributed by atoms with Crippen LogP contribution in [0, 0.1) is 0 Å². The van der Waals surface area contributed by atoms with Crippen LogP contribution in [0.2, 0.25) is 0 Å². The first-order valence-electron chi connectivity index (χ1n) is 6.06. The van der Waals surface area contributed by atoms with Gasteiger partial charge in [0.25, 0.3) is 0 Å². The van der Waals surface area contributed by atoms with Gasteiger partial charge in [0.15, 0.2) is 6.10 Å². The third-order valence-corrected chi connectivity index (χ3v) is 2.76. The van der Waals surface area contributed by atoms with Gasteiger partial charge < -0.3 is 20.5 Å². The molecule has 1 amide bonds. The van der Waals surface area contributed by atoms with Crippen molar-refractivity contribution in [3.05, 3.63) is 35.9 Å². The lowest BCUT2D eigenvalue weighted by Crippen LogP contribution is -2.36. The predicted molar refractivity (Wildman–Crippen MR) is 74.6 cm³/mol. The molecular formula is C13H17ClN2O4. The van der Waals surface area contributed by atoms with Crippen molar-refractivity contribution in [2.75, 3.05) is 13.2 Å². The van der Waals surface area contributed by atoms with Crippen LogP contribution in [0.4, 0.5) is 4.79 Å². The van der Waals surface area contributed by atoms with Gasteiger partial charge in [0, 0.05) is 0 Å². The molecule has 1 fully saturated rings. The molecule has 1 heterocycles. The fourth-order valence-corrected chi connectivity index (χ4v) is 1.76. The number of hydrogen-bond acceptors (Lipinski definition) is 5. The second kappa shape index (κ2) is 7.72. The van der Waals surface area contributed by atoms with E-state index < -0.39 is 24.2 Å². The van der Waals surface area contributed by atoms with Crippen LogP contribution in [-0.4, -0.2) is 37.4 Å². The van der Waals surface area contributed by atoms with Crippen LogP contribution in [-0.2, 0) is 20.7 Å². The fourth-order valence-electron chi connectivity index (χ4n) is 1.76. The Balaban J connectivity index is 0.00000200. The van der Waals surface area contributed by atoms with E-state index >= 15 is 0 Å². The predicted octanol–water partition coefficient (Wildman–Crippen LogP) is 0.630. The van der Waals surface area contributed by atoms with Gasteiger partial charge in [0.05, 0.1) is 6.54 Å². The number of esters is 1. The first-order valence-corrected chi connectivity index (χ1v) is 6.06. The summed E-state index contributed by atoms with van der Waals surface area (Å²) in [5, 5.41) is 2.48. The second-order valence-corrected chi connectivity index (χ2v) is 4.33. The SMILES string of the molecule is Cl.N[C@@H](Cc1ccccc1)C(=O)OC[C@H]1CNC(=O)O1. The van der Waals surface area contributed by atoms with Crippen molar-refractivity contribution in [2.24, 2.45) is 5.73 Å². The molecule has 20 heavy (non-hydrogen) atoms. The Morgan fingerprint density at radius 3 is 2.75 bits per heavy atom. The van der Waals surface area contributed by atoms with Gasteiger partial charge in [-0.1, -0.05) is 30.3 Å². The number of ether oxygens (including phenoxy) is 2. The maximum absolute atomic E-state index is 11.7. The molecule has 2 atom stereocenters. The van der Waals surface area contributed by atoms with Gasteiger partial charge in [-0.3, -0.25) is 4.79 Å². The van der Waals surface area contributed by atoms with Crippen molar-refractivity contribution in [1.82, 2.24) is 5.32 Å². The van der Waals surface area contributed by atoms with E-state index in [2.05, 4.69) is 5.32 Å². The second-order valence-electron chi connectivity index (χ2n) is 4.33. The van der Waals surface area contributed by atoms with E-state index in [-0.39, 0.29) is 19.0 Å². The zero-order valence-corrected chi connectivity index (χ0v) is 11.6. The Kier molecular flexibility index (Phi) is 6.27. The van der Waals surface area contributed by atoms with Gasteiger partial charge in [-0.25, -0.2) is 4.79 Å². The molecule has 0 bridgehead atoms. The van der Waals surface area contributed by atoms with Crippen LogP contribution in [0.15, 0.2) is 30.3 Å². The molecular weight excluding hydrogens is 284 g/mol. The molecule has 1 aromatic carbocycles. The summed E-state index contributed by atoms with van der Waals surface area (Å²) in [6.07, 6.45) is -0.502. The van der Waals surface area contributed by atoms with E-state index in [1.807, 2.05) is 30.3 Å². The number of alkyl carbamates (subject to hydrolysis) is 1. The molecule has 0 unspecified atom stereocenters. The number of halogens is 1. The number of carbonyl (C=O) groups excluding carboxylic acids is 2. The standard InChI is InChI=1S/C13H16N2O4.ClH/c14-11(6-9-4-2-1-3-5-9)12(16)18-8-10-7-15-13(17)19-10;/h1-5,10-11H,6-8,14H2,(H,15,17);1H/t10-,11+;/m1./s1. The monoisotopic (exact) mass is 300 g/mol. The van der Waals surface area contributed by atoms with E-state index in [4.69, 9.17) is 15.2 Å². The van der Waals surface area contributed by atoms with Crippen molar-refractivity contribution >= 4 is 24.5 Å². The third-order valence-electron chi connectivity index (χ3n) is 2.76. The summed E-state index contributed by atoms with van der Waals surface area (Å²) in [6, 6.07) is 8.75. The first-order chi connectivity index (χ1) is 9.15. The molecule has 0 radical (unpaired) electrons. The molecule has 1 aliphatic heterocycles. The van der Waals surface area contributed by atoms with Crippen LogP contribution in [0.1, 0.15) is 5.56 Å². The number of rotatable bonds is 5. The number of amides is 1. The topological polar surface area (TPSA) is 90.7 Å². The number of nitrogens with two attached hydrogens (primary N) is 1. The summed E-state index contributed by atoms with van der Waals surface area (Å²) < 4.78 is 9.87. The minimum atomic E-state index is -0.715. The summed E-state index contributed by atoms with van der Waals surface area (Å²) in [6.45, 7) is 0.375. The number of hydrogen-bond donors (Lipinski definition) is 2. The Bertz CT molecular complexity index is 455. The van der Waals surface area contributed by atoms with E-state index in [0.717, 1.165) is 5.56 Å². The summed E-state index contributed by atoms with van der Waals surface area (Å²) >= 11 is 0. The molecule has 0 saturated carbocycles. The van der Waals surface area contributed by atoms with Gasteiger partial charge in [0.1, 0.15) is 12.6 Å². The number of carbonyl (C=O) groups is 2. The molecule has 1 aliphatic rings. The van der Waals surface area contributed by atoms with Crippen LogP contribution in [0.3, 0.4) is 0 Å². The van der Waals surface area contributed by atoms with Crippen LogP contribution < -0.4 is 11.1 Å². The highest BCUT2D eigenvalue weighted by Crippen LogP contribution is 2.05. The molecule has 6 nitrogen and oxygen atoms in total. The lowest BCUT2D eigenvalue weighted by molar-refractivity contribution is -0.147. The zero-order valence-electron chi connectivity index (χ0n) is 10.8. The Hall–Kier alpha value is -1.79. The zero-order chi connectivity index (χ0) is 13.7. The average molecular weight is 301 g/mol. The minimum absolute atomic E-state index is 0. The summed E-state index contributed by atoms with van der Waals surface area (Å²) in [4.78, 5) is 22.5. The molecule has 110 valence electrons. The lowest BCUT2D eigenvalue weighted by atomic mass is 10.1. The van der Waals surface area contributed by atoms with Gasteiger partial charge in [0.2, 0.25) is 0 Å². The summed E-state index contributed by atoms with van der Waals surface area (Å²) in [7, 11) is 0. The molecule has 1 saturated heterocycles. The highest BCUT2D eigenvalue weighted by atomic mass is 35.5. The van der Waals surface area contributed by atoms with Gasteiger partial charge in [-0.15, -0.1) is 12.4 Å². The smallest absolute Gasteiger partial charge is 0.407 e. The van der Waals surface area contributed by atoms with Gasteiger partial charge in [-0.05, 0) is 12.0 Å². The Labute approximate surface area is 123 Å². The maximum atomic E-state index is 11.7. The minimum Gasteiger partial charge on any atom is -0.460 e. The molecule has 0 aromatic heterocycles. The number of cyclic esters (lactones) is 1. The molecule has 1 aromatic rings. The molecule has 3 N–H and O–H groups in total. The van der Waals surface area contributed by atoms with Crippen molar-refractivity contribution in [1.29, 1.82) is 0 Å². The van der Waals surface area contributed by atoms with Gasteiger partial charge in [-0.2, -0.15) is 0 Å². The summed E-state index contributed by atoms with van der Waals surface area (Å²) in [5.74, 6) is -0.494. The van der Waals surface area contributed by atoms with Crippen LogP contribution in [0.25, 0.3) is 0 Å². The quantitative estimate of drug-likeness (QED) is 0.778. The van der Waals surface area contributed by atoms with E-state index in [1.54, 1.807) is 0 Å². The molecule has 7 heteroatoms. The van der Waals surface area contributed by atoms with E-state index in [0.29, 0.717) is 13.0 Å². The normalized spacial score (nSPS) is 18.4. The Morgan fingerprint density at radius 1 is 1.45 bits per heavy atom. The highest BCUT2D eigenvalue weighted by Gasteiger charge is 2.25. The number of nitrogens with one attached hydrogen (secondary N) is 1. The van der Waals surface area contributed by atoms with Crippen molar-refractivity contribution in [2.45, 2.75) is 18.6 Å². The first kappa shape index (κ1) is 16.3. The van der Waals surface area contributed by atoms with E-state index in [9.17, 15) is 9.59 Å². The fraction of sp³-hybridized carbons (Fsp3) is 0.385. The van der Waals surface area contributed by atoms with Crippen LogP contribution >= 0.6 is 12.4 Å². The summed E-state index contributed by atoms with van der Waals surface area (Å²) in [5.41, 5.74) is 6.74. The average Bonchev–Trinajstić information content (AvgIpc) is 2.83. The molecule has 0 aliphatic carbocycles. The maximum Gasteiger partial charge on any atom is 0.407 e. The van der Waals surface area contributed by atoms with E-state index in [1.165, 1.54) is 0 Å². The molecule has 0 spiro atoms. The lowest BCUT2D eigenvalue weighted by Gasteiger charge is -2.13. The van der Waals surface area contributed by atoms with Gasteiger partial charge >= 0.3 is 12.1 Å². The third kappa shape index (κ3) is 4.71. The number of benzene rings is 1.